The summed E-state index contributed by atoms with van der Waals surface area (Å²) >= 11 is 0. The Morgan fingerprint density at radius 1 is 1.00 bits per heavy atom. The molecule has 0 fully saturated rings. The zero-order valence-corrected chi connectivity index (χ0v) is 14.4. The van der Waals surface area contributed by atoms with Crippen molar-refractivity contribution in [3.05, 3.63) is 35.9 Å². The van der Waals surface area contributed by atoms with Gasteiger partial charge < -0.3 is 19.7 Å². The Morgan fingerprint density at radius 2 is 1.64 bits per heavy atom. The molecule has 8 nitrogen and oxygen atoms in total. The number of benzene rings is 1. The number of carbonyl (C=O) groups is 4. The van der Waals surface area contributed by atoms with Crippen molar-refractivity contribution in [2.45, 2.75) is 31.5 Å². The van der Waals surface area contributed by atoms with Gasteiger partial charge in [-0.15, -0.1) is 9.24 Å². The van der Waals surface area contributed by atoms with E-state index in [0.29, 0.717) is 6.16 Å². The summed E-state index contributed by atoms with van der Waals surface area (Å²) in [5.74, 6) is -4.33. The third-order valence-corrected chi connectivity index (χ3v) is 3.39. The molecule has 0 aromatic heterocycles. The molecule has 2 N–H and O–H groups in total. The Bertz CT molecular complexity index is 616. The average Bonchev–Trinajstić information content (AvgIpc) is 2.57. The van der Waals surface area contributed by atoms with Crippen LogP contribution in [0.3, 0.4) is 0 Å². The fraction of sp³-hybridized carbons (Fsp3) is 0.375. The van der Waals surface area contributed by atoms with Gasteiger partial charge in [0.2, 0.25) is 6.10 Å². The monoisotopic (exact) mass is 370 g/mol. The van der Waals surface area contributed by atoms with E-state index in [9.17, 15) is 24.3 Å². The minimum atomic E-state index is -1.81. The summed E-state index contributed by atoms with van der Waals surface area (Å²) in [6.07, 6.45) is -3.53. The van der Waals surface area contributed by atoms with Crippen molar-refractivity contribution in [1.29, 1.82) is 0 Å². The van der Waals surface area contributed by atoms with Crippen LogP contribution in [0, 0.1) is 0 Å². The standard InChI is InChI=1S/C16H19O8P/c17-12(18)7-6-11(23-13(19)8-9-25)14(15(20)21)24-16(22)10-4-2-1-3-5-10/h1-5,11,14H,6-9,25H2,(H,17,18)(H,20,21). The summed E-state index contributed by atoms with van der Waals surface area (Å²) in [6, 6.07) is 7.70. The molecule has 1 aromatic rings. The van der Waals surface area contributed by atoms with Gasteiger partial charge in [0.25, 0.3) is 0 Å². The Balaban J connectivity index is 2.93. The third-order valence-electron chi connectivity index (χ3n) is 3.10. The van der Waals surface area contributed by atoms with Crippen LogP contribution in [0.15, 0.2) is 30.3 Å². The van der Waals surface area contributed by atoms with Crippen molar-refractivity contribution < 1.29 is 38.9 Å². The number of hydrogen-bond donors (Lipinski definition) is 2. The number of carboxylic acids is 2. The molecule has 0 saturated heterocycles. The average molecular weight is 370 g/mol. The summed E-state index contributed by atoms with van der Waals surface area (Å²) in [7, 11) is 2.32. The van der Waals surface area contributed by atoms with E-state index in [1.165, 1.54) is 12.1 Å². The lowest BCUT2D eigenvalue weighted by Gasteiger charge is -2.23. The molecule has 3 unspecified atom stereocenters. The second-order valence-electron chi connectivity index (χ2n) is 5.03. The molecule has 0 radical (unpaired) electrons. The molecule has 0 aliphatic rings. The summed E-state index contributed by atoms with van der Waals surface area (Å²) in [5, 5.41) is 18.1. The maximum atomic E-state index is 12.1. The van der Waals surface area contributed by atoms with Crippen LogP contribution in [0.25, 0.3) is 0 Å². The van der Waals surface area contributed by atoms with Gasteiger partial charge in [0.05, 0.1) is 5.56 Å². The van der Waals surface area contributed by atoms with Crippen molar-refractivity contribution >= 4 is 33.1 Å². The van der Waals surface area contributed by atoms with E-state index in [4.69, 9.17) is 14.6 Å². The van der Waals surface area contributed by atoms with Crippen LogP contribution in [0.5, 0.6) is 0 Å². The second kappa shape index (κ2) is 10.4. The molecule has 1 aromatic carbocycles. The molecule has 0 aliphatic heterocycles. The quantitative estimate of drug-likeness (QED) is 0.467. The van der Waals surface area contributed by atoms with Crippen LogP contribution in [-0.4, -0.2) is 52.5 Å². The molecule has 0 spiro atoms. The minimum absolute atomic E-state index is 0.00715. The van der Waals surface area contributed by atoms with E-state index in [1.807, 2.05) is 0 Å². The molecule has 0 saturated carbocycles. The highest BCUT2D eigenvalue weighted by Gasteiger charge is 2.35. The maximum Gasteiger partial charge on any atom is 0.349 e. The van der Waals surface area contributed by atoms with Gasteiger partial charge in [0, 0.05) is 12.8 Å². The van der Waals surface area contributed by atoms with Crippen molar-refractivity contribution in [3.8, 4) is 0 Å². The van der Waals surface area contributed by atoms with Gasteiger partial charge in [-0.3, -0.25) is 9.59 Å². The van der Waals surface area contributed by atoms with Gasteiger partial charge >= 0.3 is 23.9 Å². The summed E-state index contributed by atoms with van der Waals surface area (Å²) in [5.41, 5.74) is 0.127. The maximum absolute atomic E-state index is 12.1. The van der Waals surface area contributed by atoms with Crippen LogP contribution in [0.4, 0.5) is 0 Å². The highest BCUT2D eigenvalue weighted by Crippen LogP contribution is 2.16. The molecule has 3 atom stereocenters. The molecule has 0 heterocycles. The summed E-state index contributed by atoms with van der Waals surface area (Å²) < 4.78 is 9.99. The predicted molar refractivity (Wildman–Crippen MR) is 89.2 cm³/mol. The summed E-state index contributed by atoms with van der Waals surface area (Å²) in [6.45, 7) is 0. The van der Waals surface area contributed by atoms with Crippen molar-refractivity contribution in [2.75, 3.05) is 6.16 Å². The van der Waals surface area contributed by atoms with E-state index >= 15 is 0 Å². The van der Waals surface area contributed by atoms with E-state index in [2.05, 4.69) is 9.24 Å². The number of carbonyl (C=O) groups excluding carboxylic acids is 2. The Kier molecular flexibility index (Phi) is 8.56. The first kappa shape index (κ1) is 20.6. The fourth-order valence-corrected chi connectivity index (χ4v) is 2.16. The normalized spacial score (nSPS) is 12.7. The molecule has 0 bridgehead atoms. The number of ether oxygens (including phenoxy) is 2. The van der Waals surface area contributed by atoms with Crippen LogP contribution in [0.1, 0.15) is 29.6 Å². The zero-order chi connectivity index (χ0) is 18.8. The van der Waals surface area contributed by atoms with Gasteiger partial charge in [0.15, 0.2) is 6.10 Å². The van der Waals surface area contributed by atoms with E-state index in [1.54, 1.807) is 18.2 Å². The Morgan fingerprint density at radius 3 is 2.16 bits per heavy atom. The van der Waals surface area contributed by atoms with Gasteiger partial charge in [0.1, 0.15) is 0 Å². The molecular weight excluding hydrogens is 351 g/mol. The molecule has 1 rings (SSSR count). The lowest BCUT2D eigenvalue weighted by Crippen LogP contribution is -2.41. The van der Waals surface area contributed by atoms with Gasteiger partial charge in [-0.1, -0.05) is 18.2 Å². The predicted octanol–water partition coefficient (Wildman–Crippen LogP) is 1.34. The number of aliphatic carboxylic acids is 2. The van der Waals surface area contributed by atoms with Crippen LogP contribution < -0.4 is 0 Å². The van der Waals surface area contributed by atoms with Crippen molar-refractivity contribution in [3.63, 3.8) is 0 Å². The SMILES string of the molecule is O=C(O)CCC(OC(=O)CCP)C(OC(=O)c1ccccc1)C(=O)O. The highest BCUT2D eigenvalue weighted by molar-refractivity contribution is 7.16. The zero-order valence-electron chi connectivity index (χ0n) is 13.3. The van der Waals surface area contributed by atoms with E-state index in [0.717, 1.165) is 0 Å². The number of esters is 2. The lowest BCUT2D eigenvalue weighted by molar-refractivity contribution is -0.167. The van der Waals surface area contributed by atoms with Gasteiger partial charge in [-0.25, -0.2) is 9.59 Å². The van der Waals surface area contributed by atoms with Gasteiger partial charge in [-0.2, -0.15) is 0 Å². The first-order valence-electron chi connectivity index (χ1n) is 7.45. The van der Waals surface area contributed by atoms with Crippen LogP contribution in [-0.2, 0) is 23.9 Å². The van der Waals surface area contributed by atoms with Crippen LogP contribution >= 0.6 is 9.24 Å². The van der Waals surface area contributed by atoms with Crippen LogP contribution in [0.2, 0.25) is 0 Å². The van der Waals surface area contributed by atoms with E-state index < -0.39 is 42.5 Å². The molecule has 0 amide bonds. The van der Waals surface area contributed by atoms with Gasteiger partial charge in [-0.05, 0) is 24.7 Å². The number of hydrogen-bond acceptors (Lipinski definition) is 6. The number of rotatable bonds is 10. The highest BCUT2D eigenvalue weighted by atomic mass is 31.0. The first-order valence-corrected chi connectivity index (χ1v) is 8.27. The fourth-order valence-electron chi connectivity index (χ4n) is 1.93. The summed E-state index contributed by atoms with van der Waals surface area (Å²) in [4.78, 5) is 46.0. The first-order chi connectivity index (χ1) is 11.8. The smallest absolute Gasteiger partial charge is 0.349 e. The molecule has 136 valence electrons. The Hall–Kier alpha value is -2.47. The third kappa shape index (κ3) is 7.30. The van der Waals surface area contributed by atoms with Crippen molar-refractivity contribution in [2.24, 2.45) is 0 Å². The molecule has 25 heavy (non-hydrogen) atoms. The molecule has 9 heteroatoms. The number of carboxylic acid groups (broad SMARTS) is 2. The van der Waals surface area contributed by atoms with Crippen molar-refractivity contribution in [1.82, 2.24) is 0 Å². The molecule has 0 aliphatic carbocycles. The lowest BCUT2D eigenvalue weighted by atomic mass is 10.1. The second-order valence-corrected chi connectivity index (χ2v) is 5.61. The minimum Gasteiger partial charge on any atom is -0.481 e. The van der Waals surface area contributed by atoms with E-state index in [-0.39, 0.29) is 18.4 Å². The Labute approximate surface area is 146 Å². The topological polar surface area (TPSA) is 127 Å². The molecular formula is C16H19O8P. The largest absolute Gasteiger partial charge is 0.481 e.